The summed E-state index contributed by atoms with van der Waals surface area (Å²) in [6, 6.07) is 73.0. The van der Waals surface area contributed by atoms with Crippen molar-refractivity contribution in [2.45, 2.75) is 0 Å². The summed E-state index contributed by atoms with van der Waals surface area (Å²) in [7, 11) is 0. The number of hydrogen-bond donors (Lipinski definition) is 0. The topological polar surface area (TPSA) is 29.3 Å². The first-order valence-corrected chi connectivity index (χ1v) is 18.3. The summed E-state index contributed by atoms with van der Waals surface area (Å²) >= 11 is 0. The van der Waals surface area contributed by atoms with Crippen LogP contribution in [0.25, 0.3) is 77.5 Å². The van der Waals surface area contributed by atoms with Gasteiger partial charge in [-0.15, -0.1) is 0 Å². The number of oxazole rings is 1. The molecule has 0 spiro atoms. The van der Waals surface area contributed by atoms with Gasteiger partial charge in [-0.05, 0) is 110 Å². The third kappa shape index (κ3) is 5.78. The molecule has 9 aromatic carbocycles. The Morgan fingerprint density at radius 1 is 0.352 bits per heavy atom. The van der Waals surface area contributed by atoms with Crippen molar-refractivity contribution >= 4 is 49.7 Å². The minimum atomic E-state index is 0.626. The van der Waals surface area contributed by atoms with Crippen LogP contribution >= 0.6 is 0 Å². The number of anilines is 3. The van der Waals surface area contributed by atoms with E-state index >= 15 is 0 Å². The van der Waals surface area contributed by atoms with Crippen molar-refractivity contribution in [3.05, 3.63) is 206 Å². The van der Waals surface area contributed by atoms with E-state index in [1.165, 1.54) is 16.5 Å². The third-order valence-electron chi connectivity index (χ3n) is 10.3. The second-order valence-corrected chi connectivity index (χ2v) is 13.6. The highest BCUT2D eigenvalue weighted by Gasteiger charge is 2.18. The molecule has 0 unspecified atom stereocenters. The summed E-state index contributed by atoms with van der Waals surface area (Å²) in [4.78, 5) is 7.28. The summed E-state index contributed by atoms with van der Waals surface area (Å²) in [6.07, 6.45) is 0. The van der Waals surface area contributed by atoms with E-state index < -0.39 is 0 Å². The first-order chi connectivity index (χ1) is 26.7. The van der Waals surface area contributed by atoms with E-state index in [2.05, 4.69) is 211 Å². The standard InChI is InChI=1S/C51H34N2O/c1-4-12-35(13-5-1)37-24-27-44(28-25-37)53(43-18-8-3-9-19-43)45-29-30-46(47(34-45)38-15-6-2-7-16-38)41-22-21-39-26-31-49-50(48(39)33-41)54-51(52-49)42-23-20-36-14-10-11-17-40(36)32-42/h1-34H. The van der Waals surface area contributed by atoms with Gasteiger partial charge in [-0.25, -0.2) is 4.98 Å². The summed E-state index contributed by atoms with van der Waals surface area (Å²) in [5.41, 5.74) is 12.8. The van der Waals surface area contributed by atoms with Gasteiger partial charge < -0.3 is 9.32 Å². The number of rotatable bonds is 7. The molecule has 10 rings (SSSR count). The maximum absolute atomic E-state index is 6.59. The Morgan fingerprint density at radius 2 is 0.926 bits per heavy atom. The number of hydrogen-bond acceptors (Lipinski definition) is 3. The fraction of sp³-hybridized carbons (Fsp3) is 0. The summed E-state index contributed by atoms with van der Waals surface area (Å²) in [5, 5.41) is 4.51. The molecule has 0 aliphatic carbocycles. The van der Waals surface area contributed by atoms with Gasteiger partial charge in [0.2, 0.25) is 5.89 Å². The predicted molar refractivity (Wildman–Crippen MR) is 225 cm³/mol. The second kappa shape index (κ2) is 13.4. The normalized spacial score (nSPS) is 11.3. The molecule has 254 valence electrons. The maximum Gasteiger partial charge on any atom is 0.227 e. The van der Waals surface area contributed by atoms with E-state index in [1.807, 2.05) is 0 Å². The highest BCUT2D eigenvalue weighted by molar-refractivity contribution is 6.06. The highest BCUT2D eigenvalue weighted by Crippen LogP contribution is 2.42. The molecule has 0 atom stereocenters. The number of benzene rings is 9. The zero-order valence-corrected chi connectivity index (χ0v) is 29.4. The van der Waals surface area contributed by atoms with Crippen molar-refractivity contribution in [2.75, 3.05) is 4.90 Å². The van der Waals surface area contributed by atoms with E-state index in [0.29, 0.717) is 5.89 Å². The van der Waals surface area contributed by atoms with Crippen LogP contribution in [0, 0.1) is 0 Å². The first kappa shape index (κ1) is 31.5. The van der Waals surface area contributed by atoms with Crippen LogP contribution in [-0.2, 0) is 0 Å². The van der Waals surface area contributed by atoms with Crippen LogP contribution in [0.4, 0.5) is 17.1 Å². The van der Waals surface area contributed by atoms with Crippen LogP contribution in [0.2, 0.25) is 0 Å². The van der Waals surface area contributed by atoms with Gasteiger partial charge >= 0.3 is 0 Å². The van der Waals surface area contributed by atoms with Crippen LogP contribution < -0.4 is 4.90 Å². The van der Waals surface area contributed by atoms with Gasteiger partial charge in [0.1, 0.15) is 5.52 Å². The van der Waals surface area contributed by atoms with Gasteiger partial charge in [0.15, 0.2) is 5.58 Å². The number of para-hydroxylation sites is 1. The molecule has 0 aliphatic heterocycles. The lowest BCUT2D eigenvalue weighted by Gasteiger charge is -2.27. The first-order valence-electron chi connectivity index (χ1n) is 18.3. The molecular weight excluding hydrogens is 657 g/mol. The molecule has 3 heteroatoms. The van der Waals surface area contributed by atoms with E-state index in [0.717, 1.165) is 72.1 Å². The minimum Gasteiger partial charge on any atom is -0.435 e. The van der Waals surface area contributed by atoms with E-state index in [1.54, 1.807) is 0 Å². The Balaban J connectivity index is 1.10. The molecule has 0 amide bonds. The lowest BCUT2D eigenvalue weighted by Crippen LogP contribution is -2.10. The zero-order valence-electron chi connectivity index (χ0n) is 29.4. The molecule has 1 aromatic heterocycles. The molecule has 10 aromatic rings. The van der Waals surface area contributed by atoms with Gasteiger partial charge in [0, 0.05) is 28.0 Å². The van der Waals surface area contributed by atoms with E-state index in [4.69, 9.17) is 9.40 Å². The zero-order chi connectivity index (χ0) is 35.8. The van der Waals surface area contributed by atoms with Crippen LogP contribution in [0.5, 0.6) is 0 Å². The Labute approximate surface area is 314 Å². The monoisotopic (exact) mass is 690 g/mol. The van der Waals surface area contributed by atoms with Gasteiger partial charge in [-0.1, -0.05) is 146 Å². The van der Waals surface area contributed by atoms with Crippen LogP contribution in [0.3, 0.4) is 0 Å². The van der Waals surface area contributed by atoms with E-state index in [9.17, 15) is 0 Å². The molecule has 3 nitrogen and oxygen atoms in total. The number of nitrogens with zero attached hydrogens (tertiary/aromatic N) is 2. The largest absolute Gasteiger partial charge is 0.435 e. The quantitative estimate of drug-likeness (QED) is 0.167. The third-order valence-corrected chi connectivity index (χ3v) is 10.3. The molecule has 0 bridgehead atoms. The Kier molecular flexibility index (Phi) is 7.81. The molecule has 0 N–H and O–H groups in total. The SMILES string of the molecule is c1ccc(-c2ccc(N(c3ccccc3)c3ccc(-c4ccc5ccc6nc(-c7ccc8ccccc8c7)oc6c5c4)c(-c4ccccc4)c3)cc2)cc1. The summed E-state index contributed by atoms with van der Waals surface area (Å²) < 4.78 is 6.59. The van der Waals surface area contributed by atoms with Gasteiger partial charge in [0.05, 0.1) is 0 Å². The Hall–Kier alpha value is -7.23. The van der Waals surface area contributed by atoms with Crippen molar-refractivity contribution in [2.24, 2.45) is 0 Å². The van der Waals surface area contributed by atoms with E-state index in [-0.39, 0.29) is 0 Å². The van der Waals surface area contributed by atoms with Crippen LogP contribution in [0.15, 0.2) is 211 Å². The fourth-order valence-electron chi connectivity index (χ4n) is 7.56. The summed E-state index contributed by atoms with van der Waals surface area (Å²) in [5.74, 6) is 0.626. The molecule has 1 heterocycles. The second-order valence-electron chi connectivity index (χ2n) is 13.6. The van der Waals surface area contributed by atoms with Crippen molar-refractivity contribution in [3.8, 4) is 44.8 Å². The number of fused-ring (bicyclic) bond motifs is 4. The lowest BCUT2D eigenvalue weighted by atomic mass is 9.92. The molecule has 0 aliphatic rings. The molecule has 0 saturated carbocycles. The molecule has 0 saturated heterocycles. The predicted octanol–water partition coefficient (Wildman–Crippen LogP) is 14.3. The van der Waals surface area contributed by atoms with Gasteiger partial charge in [-0.3, -0.25) is 0 Å². The maximum atomic E-state index is 6.59. The molecule has 0 fully saturated rings. The fourth-order valence-corrected chi connectivity index (χ4v) is 7.56. The van der Waals surface area contributed by atoms with Crippen LogP contribution in [0.1, 0.15) is 0 Å². The summed E-state index contributed by atoms with van der Waals surface area (Å²) in [6.45, 7) is 0. The number of aromatic nitrogens is 1. The Morgan fingerprint density at radius 3 is 1.70 bits per heavy atom. The van der Waals surface area contributed by atoms with Gasteiger partial charge in [0.25, 0.3) is 0 Å². The molecular formula is C51H34N2O. The average Bonchev–Trinajstić information content (AvgIpc) is 3.70. The minimum absolute atomic E-state index is 0.626. The van der Waals surface area contributed by atoms with Gasteiger partial charge in [-0.2, -0.15) is 0 Å². The molecule has 54 heavy (non-hydrogen) atoms. The molecule has 0 radical (unpaired) electrons. The smallest absolute Gasteiger partial charge is 0.227 e. The van der Waals surface area contributed by atoms with Crippen molar-refractivity contribution in [1.82, 2.24) is 4.98 Å². The highest BCUT2D eigenvalue weighted by atomic mass is 16.3. The Bertz CT molecular complexity index is 2920. The van der Waals surface area contributed by atoms with Crippen LogP contribution in [-0.4, -0.2) is 4.98 Å². The van der Waals surface area contributed by atoms with Crippen molar-refractivity contribution in [3.63, 3.8) is 0 Å². The average molecular weight is 691 g/mol. The van der Waals surface area contributed by atoms with Crippen molar-refractivity contribution in [1.29, 1.82) is 0 Å². The lowest BCUT2D eigenvalue weighted by molar-refractivity contribution is 0.623. The van der Waals surface area contributed by atoms with Crippen molar-refractivity contribution < 1.29 is 4.42 Å².